The van der Waals surface area contributed by atoms with E-state index in [1.807, 2.05) is 0 Å². The molecule has 1 amide bonds. The fourth-order valence-electron chi connectivity index (χ4n) is 1.72. The molecule has 0 bridgehead atoms. The molecule has 0 heterocycles. The maximum atomic E-state index is 11.6. The fraction of sp³-hybridized carbons (Fsp3) is 0.909. The maximum absolute atomic E-state index is 11.6. The Kier molecular flexibility index (Phi) is 4.29. The van der Waals surface area contributed by atoms with Crippen LogP contribution in [0.3, 0.4) is 0 Å². The molecule has 94 valence electrons. The van der Waals surface area contributed by atoms with Crippen LogP contribution >= 0.6 is 0 Å². The highest BCUT2D eigenvalue weighted by atomic mass is 16.5. The van der Waals surface area contributed by atoms with Crippen LogP contribution in [-0.2, 0) is 9.53 Å². The number of nitrogens with one attached hydrogen (secondary N) is 1. The van der Waals surface area contributed by atoms with E-state index in [0.29, 0.717) is 6.42 Å². The van der Waals surface area contributed by atoms with Crippen molar-refractivity contribution < 1.29 is 19.7 Å². The summed E-state index contributed by atoms with van der Waals surface area (Å²) in [4.78, 5) is 11.6. The van der Waals surface area contributed by atoms with Crippen LogP contribution in [0.25, 0.3) is 0 Å². The van der Waals surface area contributed by atoms with Crippen molar-refractivity contribution in [3.63, 3.8) is 0 Å². The minimum atomic E-state index is -1.25. The first-order chi connectivity index (χ1) is 7.43. The molecule has 0 spiro atoms. The second-order valence-electron chi connectivity index (χ2n) is 4.85. The first-order valence-corrected chi connectivity index (χ1v) is 5.58. The molecule has 5 nitrogen and oxygen atoms in total. The number of rotatable bonds is 6. The zero-order chi connectivity index (χ0) is 12.2. The number of carbonyl (C=O) groups is 1. The number of aliphatic hydroxyl groups excluding tert-OH is 1. The first-order valence-electron chi connectivity index (χ1n) is 5.58. The molecule has 5 heteroatoms. The minimum absolute atomic E-state index is 0.0577. The van der Waals surface area contributed by atoms with Gasteiger partial charge in [0.15, 0.2) is 0 Å². The van der Waals surface area contributed by atoms with Crippen LogP contribution in [0, 0.1) is 0 Å². The molecule has 0 saturated heterocycles. The average Bonchev–Trinajstić information content (AvgIpc) is 2.21. The Bertz CT molecular complexity index is 243. The van der Waals surface area contributed by atoms with Crippen LogP contribution in [0.1, 0.15) is 32.6 Å². The lowest BCUT2D eigenvalue weighted by Gasteiger charge is -2.40. The Labute approximate surface area is 95.8 Å². The second kappa shape index (κ2) is 5.12. The van der Waals surface area contributed by atoms with E-state index >= 15 is 0 Å². The van der Waals surface area contributed by atoms with Crippen molar-refractivity contribution in [2.75, 3.05) is 20.3 Å². The predicted octanol–water partition coefficient (Wildman–Crippen LogP) is -0.195. The van der Waals surface area contributed by atoms with E-state index < -0.39 is 5.60 Å². The Morgan fingerprint density at radius 1 is 1.56 bits per heavy atom. The molecule has 1 rings (SSSR count). The van der Waals surface area contributed by atoms with E-state index in [1.54, 1.807) is 7.11 Å². The lowest BCUT2D eigenvalue weighted by molar-refractivity contribution is -0.135. The first kappa shape index (κ1) is 13.4. The van der Waals surface area contributed by atoms with E-state index in [0.717, 1.165) is 19.3 Å². The van der Waals surface area contributed by atoms with Crippen molar-refractivity contribution in [2.24, 2.45) is 0 Å². The van der Waals surface area contributed by atoms with Gasteiger partial charge in [0, 0.05) is 13.7 Å². The van der Waals surface area contributed by atoms with Crippen molar-refractivity contribution in [2.45, 2.75) is 43.8 Å². The van der Waals surface area contributed by atoms with Crippen LogP contribution in [-0.4, -0.2) is 47.6 Å². The van der Waals surface area contributed by atoms with Gasteiger partial charge in [-0.25, -0.2) is 0 Å². The van der Waals surface area contributed by atoms with Gasteiger partial charge in [-0.15, -0.1) is 0 Å². The zero-order valence-electron chi connectivity index (χ0n) is 9.95. The standard InChI is InChI=1S/C11H21NO4/c1-10(15,8-13)7-12-9(14)6-11(16-2)4-3-5-11/h13,15H,3-8H2,1-2H3,(H,12,14). The molecule has 1 unspecified atom stereocenters. The van der Waals surface area contributed by atoms with Crippen LogP contribution in [0.4, 0.5) is 0 Å². The highest BCUT2D eigenvalue weighted by molar-refractivity contribution is 5.77. The topological polar surface area (TPSA) is 78.8 Å². The molecule has 0 aromatic heterocycles. The number of methoxy groups -OCH3 is 1. The monoisotopic (exact) mass is 231 g/mol. The number of ether oxygens (including phenoxy) is 1. The molecule has 0 aliphatic heterocycles. The highest BCUT2D eigenvalue weighted by Gasteiger charge is 2.39. The van der Waals surface area contributed by atoms with Gasteiger partial charge in [-0.3, -0.25) is 4.79 Å². The van der Waals surface area contributed by atoms with Crippen LogP contribution < -0.4 is 5.32 Å². The van der Waals surface area contributed by atoms with Crippen molar-refractivity contribution in [3.05, 3.63) is 0 Å². The summed E-state index contributed by atoms with van der Waals surface area (Å²) in [7, 11) is 1.62. The summed E-state index contributed by atoms with van der Waals surface area (Å²) in [6.07, 6.45) is 3.24. The van der Waals surface area contributed by atoms with Crippen LogP contribution in [0.15, 0.2) is 0 Å². The third kappa shape index (κ3) is 3.43. The lowest BCUT2D eigenvalue weighted by Crippen LogP contribution is -2.48. The van der Waals surface area contributed by atoms with E-state index in [9.17, 15) is 9.90 Å². The Hall–Kier alpha value is -0.650. The summed E-state index contributed by atoms with van der Waals surface area (Å²) >= 11 is 0. The second-order valence-corrected chi connectivity index (χ2v) is 4.85. The smallest absolute Gasteiger partial charge is 0.223 e. The normalized spacial score (nSPS) is 22.0. The molecule has 0 radical (unpaired) electrons. The summed E-state index contributed by atoms with van der Waals surface area (Å²) < 4.78 is 5.33. The molecule has 1 fully saturated rings. The van der Waals surface area contributed by atoms with Gasteiger partial charge in [0.1, 0.15) is 5.60 Å². The van der Waals surface area contributed by atoms with Crippen molar-refractivity contribution in [1.29, 1.82) is 0 Å². The summed E-state index contributed by atoms with van der Waals surface area (Å²) in [6.45, 7) is 1.16. The van der Waals surface area contributed by atoms with Crippen molar-refractivity contribution in [3.8, 4) is 0 Å². The van der Waals surface area contributed by atoms with E-state index in [4.69, 9.17) is 9.84 Å². The van der Waals surface area contributed by atoms with E-state index in [1.165, 1.54) is 6.92 Å². The van der Waals surface area contributed by atoms with Gasteiger partial charge < -0.3 is 20.3 Å². The number of amides is 1. The van der Waals surface area contributed by atoms with Gasteiger partial charge in [-0.1, -0.05) is 0 Å². The van der Waals surface area contributed by atoms with Gasteiger partial charge in [-0.2, -0.15) is 0 Å². The van der Waals surface area contributed by atoms with Gasteiger partial charge in [0.05, 0.1) is 18.6 Å². The van der Waals surface area contributed by atoms with Crippen molar-refractivity contribution in [1.82, 2.24) is 5.32 Å². The summed E-state index contributed by atoms with van der Waals surface area (Å²) in [5.74, 6) is -0.143. The average molecular weight is 231 g/mol. The number of hydrogen-bond donors (Lipinski definition) is 3. The highest BCUT2D eigenvalue weighted by Crippen LogP contribution is 2.37. The van der Waals surface area contributed by atoms with Gasteiger partial charge in [0.25, 0.3) is 0 Å². The molecule has 1 aliphatic rings. The predicted molar refractivity (Wildman–Crippen MR) is 58.9 cm³/mol. The Balaban J connectivity index is 2.31. The van der Waals surface area contributed by atoms with Crippen LogP contribution in [0.2, 0.25) is 0 Å². The number of aliphatic hydroxyl groups is 2. The van der Waals surface area contributed by atoms with Crippen LogP contribution in [0.5, 0.6) is 0 Å². The SMILES string of the molecule is COC1(CC(=O)NCC(C)(O)CO)CCC1. The molecule has 16 heavy (non-hydrogen) atoms. The third-order valence-corrected chi connectivity index (χ3v) is 3.19. The van der Waals surface area contributed by atoms with Crippen molar-refractivity contribution >= 4 is 5.91 Å². The van der Waals surface area contributed by atoms with Gasteiger partial charge in [0.2, 0.25) is 5.91 Å². The van der Waals surface area contributed by atoms with Gasteiger partial charge in [-0.05, 0) is 26.2 Å². The number of hydrogen-bond acceptors (Lipinski definition) is 4. The maximum Gasteiger partial charge on any atom is 0.223 e. The zero-order valence-corrected chi connectivity index (χ0v) is 9.95. The molecular formula is C11H21NO4. The molecular weight excluding hydrogens is 210 g/mol. The summed E-state index contributed by atoms with van der Waals surface area (Å²) in [5.41, 5.74) is -1.55. The largest absolute Gasteiger partial charge is 0.393 e. The van der Waals surface area contributed by atoms with Gasteiger partial charge >= 0.3 is 0 Å². The lowest BCUT2D eigenvalue weighted by atomic mass is 9.77. The quantitative estimate of drug-likeness (QED) is 0.592. The van der Waals surface area contributed by atoms with E-state index in [2.05, 4.69) is 5.32 Å². The molecule has 3 N–H and O–H groups in total. The third-order valence-electron chi connectivity index (χ3n) is 3.19. The molecule has 1 atom stereocenters. The number of carbonyl (C=O) groups excluding carboxylic acids is 1. The fourth-order valence-corrected chi connectivity index (χ4v) is 1.72. The van der Waals surface area contributed by atoms with E-state index in [-0.39, 0.29) is 24.7 Å². The Morgan fingerprint density at radius 3 is 2.56 bits per heavy atom. The molecule has 1 aliphatic carbocycles. The molecule has 0 aromatic carbocycles. The Morgan fingerprint density at radius 2 is 2.19 bits per heavy atom. The summed E-state index contributed by atoms with van der Waals surface area (Å²) in [6, 6.07) is 0. The minimum Gasteiger partial charge on any atom is -0.393 e. The summed E-state index contributed by atoms with van der Waals surface area (Å²) in [5, 5.41) is 20.9. The molecule has 0 aromatic rings. The molecule has 1 saturated carbocycles.